The molecule has 0 radical (unpaired) electrons. The van der Waals surface area contributed by atoms with E-state index in [1.165, 1.54) is 0 Å². The van der Waals surface area contributed by atoms with Gasteiger partial charge in [-0.3, -0.25) is 9.88 Å². The quantitative estimate of drug-likeness (QED) is 0.713. The lowest BCUT2D eigenvalue weighted by Gasteiger charge is -2.14. The molecule has 0 spiro atoms. The molecule has 1 aliphatic rings. The zero-order chi connectivity index (χ0) is 17.1. The maximum Gasteiger partial charge on any atom is 0.247 e. The molecule has 1 aromatic carbocycles. The standard InChI is InChI=1S/C19H20N4O2/c1-24-17-7-5-14(6-8-17)18-21-22-19(25-18)15-9-11-23(12-15)13-16-4-2-3-10-20-16/h2-8,10,15H,9,11-13H2,1H3. The summed E-state index contributed by atoms with van der Waals surface area (Å²) in [4.78, 5) is 6.77. The number of pyridine rings is 1. The van der Waals surface area contributed by atoms with Gasteiger partial charge in [0, 0.05) is 24.8 Å². The molecular weight excluding hydrogens is 316 g/mol. The molecule has 0 saturated carbocycles. The zero-order valence-corrected chi connectivity index (χ0v) is 14.1. The maximum absolute atomic E-state index is 5.92. The highest BCUT2D eigenvalue weighted by atomic mass is 16.5. The highest BCUT2D eigenvalue weighted by molar-refractivity contribution is 5.54. The Kier molecular flexibility index (Phi) is 4.43. The normalized spacial score (nSPS) is 17.7. The summed E-state index contributed by atoms with van der Waals surface area (Å²) in [5, 5.41) is 8.48. The van der Waals surface area contributed by atoms with Crippen molar-refractivity contribution >= 4 is 0 Å². The van der Waals surface area contributed by atoms with Crippen molar-refractivity contribution in [3.63, 3.8) is 0 Å². The minimum absolute atomic E-state index is 0.281. The van der Waals surface area contributed by atoms with Gasteiger partial charge in [0.25, 0.3) is 0 Å². The number of hydrogen-bond acceptors (Lipinski definition) is 6. The fraction of sp³-hybridized carbons (Fsp3) is 0.316. The van der Waals surface area contributed by atoms with Crippen molar-refractivity contribution in [3.8, 4) is 17.2 Å². The summed E-state index contributed by atoms with van der Waals surface area (Å²) in [6.45, 7) is 2.79. The lowest BCUT2D eigenvalue weighted by molar-refractivity contribution is 0.316. The van der Waals surface area contributed by atoms with Crippen LogP contribution in [0.4, 0.5) is 0 Å². The summed E-state index contributed by atoms with van der Waals surface area (Å²) in [5.41, 5.74) is 2.00. The highest BCUT2D eigenvalue weighted by Crippen LogP contribution is 2.29. The van der Waals surface area contributed by atoms with Gasteiger partial charge in [-0.1, -0.05) is 6.07 Å². The van der Waals surface area contributed by atoms with E-state index in [-0.39, 0.29) is 5.92 Å². The Morgan fingerprint density at radius 2 is 2.04 bits per heavy atom. The van der Waals surface area contributed by atoms with Gasteiger partial charge in [-0.2, -0.15) is 0 Å². The lowest BCUT2D eigenvalue weighted by Crippen LogP contribution is -2.20. The second-order valence-corrected chi connectivity index (χ2v) is 6.22. The second kappa shape index (κ2) is 7.03. The van der Waals surface area contributed by atoms with E-state index in [1.54, 1.807) is 7.11 Å². The zero-order valence-electron chi connectivity index (χ0n) is 14.1. The number of aromatic nitrogens is 3. The van der Waals surface area contributed by atoms with Gasteiger partial charge in [0.05, 0.1) is 18.7 Å². The summed E-state index contributed by atoms with van der Waals surface area (Å²) >= 11 is 0. The smallest absolute Gasteiger partial charge is 0.247 e. The Hall–Kier alpha value is -2.73. The van der Waals surface area contributed by atoms with Crippen LogP contribution < -0.4 is 4.74 Å². The molecule has 6 nitrogen and oxygen atoms in total. The van der Waals surface area contributed by atoms with Gasteiger partial charge in [0.2, 0.25) is 11.8 Å². The number of nitrogens with zero attached hydrogens (tertiary/aromatic N) is 4. The van der Waals surface area contributed by atoms with Crippen LogP contribution >= 0.6 is 0 Å². The molecule has 3 aromatic rings. The SMILES string of the molecule is COc1ccc(-c2nnc(C3CCN(Cc4ccccn4)C3)o2)cc1. The topological polar surface area (TPSA) is 64.3 Å². The van der Waals surface area contributed by atoms with E-state index >= 15 is 0 Å². The number of ether oxygens (including phenoxy) is 1. The van der Waals surface area contributed by atoms with Crippen LogP contribution in [0.25, 0.3) is 11.5 Å². The van der Waals surface area contributed by atoms with E-state index in [9.17, 15) is 0 Å². The second-order valence-electron chi connectivity index (χ2n) is 6.22. The molecule has 0 N–H and O–H groups in total. The van der Waals surface area contributed by atoms with Gasteiger partial charge in [0.1, 0.15) is 5.75 Å². The molecule has 128 valence electrons. The summed E-state index contributed by atoms with van der Waals surface area (Å²) in [5.74, 6) is 2.36. The molecule has 2 aromatic heterocycles. The number of methoxy groups -OCH3 is 1. The van der Waals surface area contributed by atoms with Gasteiger partial charge >= 0.3 is 0 Å². The van der Waals surface area contributed by atoms with Crippen LogP contribution in [0.1, 0.15) is 23.9 Å². The van der Waals surface area contributed by atoms with Crippen LogP contribution in [0, 0.1) is 0 Å². The van der Waals surface area contributed by atoms with E-state index in [0.29, 0.717) is 11.8 Å². The van der Waals surface area contributed by atoms with Crippen molar-refractivity contribution in [2.45, 2.75) is 18.9 Å². The van der Waals surface area contributed by atoms with E-state index < -0.39 is 0 Å². The minimum atomic E-state index is 0.281. The monoisotopic (exact) mass is 336 g/mol. The van der Waals surface area contributed by atoms with Crippen LogP contribution in [-0.4, -0.2) is 40.3 Å². The number of hydrogen-bond donors (Lipinski definition) is 0. The summed E-state index contributed by atoms with van der Waals surface area (Å²) in [7, 11) is 1.65. The molecule has 1 saturated heterocycles. The molecule has 0 bridgehead atoms. The average Bonchev–Trinajstić information content (AvgIpc) is 3.32. The number of likely N-dealkylation sites (tertiary alicyclic amines) is 1. The van der Waals surface area contributed by atoms with Crippen LogP contribution in [0.3, 0.4) is 0 Å². The first kappa shape index (κ1) is 15.8. The predicted molar refractivity (Wildman–Crippen MR) is 93.2 cm³/mol. The minimum Gasteiger partial charge on any atom is -0.497 e. The molecule has 1 aliphatic heterocycles. The van der Waals surface area contributed by atoms with Gasteiger partial charge in [-0.05, 0) is 49.4 Å². The number of rotatable bonds is 5. The average molecular weight is 336 g/mol. The van der Waals surface area contributed by atoms with Crippen LogP contribution in [0.2, 0.25) is 0 Å². The maximum atomic E-state index is 5.92. The molecule has 0 amide bonds. The third kappa shape index (κ3) is 3.53. The van der Waals surface area contributed by atoms with Gasteiger partial charge < -0.3 is 9.15 Å². The molecule has 1 unspecified atom stereocenters. The van der Waals surface area contributed by atoms with E-state index in [0.717, 1.165) is 43.1 Å². The largest absolute Gasteiger partial charge is 0.497 e. The van der Waals surface area contributed by atoms with Crippen molar-refractivity contribution in [1.29, 1.82) is 0 Å². The third-order valence-corrected chi connectivity index (χ3v) is 4.51. The Bertz CT molecular complexity index is 817. The van der Waals surface area contributed by atoms with Crippen molar-refractivity contribution in [1.82, 2.24) is 20.1 Å². The summed E-state index contributed by atoms with van der Waals surface area (Å²) < 4.78 is 11.1. The van der Waals surface area contributed by atoms with Crippen molar-refractivity contribution in [2.24, 2.45) is 0 Å². The molecule has 4 rings (SSSR count). The Morgan fingerprint density at radius 1 is 1.16 bits per heavy atom. The van der Waals surface area contributed by atoms with Gasteiger partial charge in [-0.15, -0.1) is 10.2 Å². The third-order valence-electron chi connectivity index (χ3n) is 4.51. The van der Waals surface area contributed by atoms with Gasteiger partial charge in [-0.25, -0.2) is 0 Å². The Balaban J connectivity index is 1.42. The van der Waals surface area contributed by atoms with E-state index in [2.05, 4.69) is 26.1 Å². The first-order valence-electron chi connectivity index (χ1n) is 8.42. The number of benzene rings is 1. The van der Waals surface area contributed by atoms with Crippen molar-refractivity contribution in [2.75, 3.05) is 20.2 Å². The van der Waals surface area contributed by atoms with E-state index in [4.69, 9.17) is 9.15 Å². The predicted octanol–water partition coefficient (Wildman–Crippen LogP) is 3.13. The molecule has 25 heavy (non-hydrogen) atoms. The molecule has 6 heteroatoms. The Labute approximate surface area is 146 Å². The lowest BCUT2D eigenvalue weighted by atomic mass is 10.1. The summed E-state index contributed by atoms with van der Waals surface area (Å²) in [6, 6.07) is 13.7. The molecule has 3 heterocycles. The van der Waals surface area contributed by atoms with Crippen LogP contribution in [0.15, 0.2) is 53.1 Å². The summed E-state index contributed by atoms with van der Waals surface area (Å²) in [6.07, 6.45) is 2.86. The Morgan fingerprint density at radius 3 is 2.80 bits per heavy atom. The van der Waals surface area contributed by atoms with E-state index in [1.807, 2.05) is 42.6 Å². The van der Waals surface area contributed by atoms with Crippen molar-refractivity contribution in [3.05, 3.63) is 60.2 Å². The fourth-order valence-electron chi connectivity index (χ4n) is 3.15. The molecule has 0 aliphatic carbocycles. The van der Waals surface area contributed by atoms with Gasteiger partial charge in [0.15, 0.2) is 0 Å². The first-order chi connectivity index (χ1) is 12.3. The van der Waals surface area contributed by atoms with Crippen molar-refractivity contribution < 1.29 is 9.15 Å². The molecule has 1 atom stereocenters. The first-order valence-corrected chi connectivity index (χ1v) is 8.42. The fourth-order valence-corrected chi connectivity index (χ4v) is 3.15. The molecular formula is C19H20N4O2. The highest BCUT2D eigenvalue weighted by Gasteiger charge is 2.28. The van der Waals surface area contributed by atoms with Crippen LogP contribution in [-0.2, 0) is 6.54 Å². The van der Waals surface area contributed by atoms with Crippen LogP contribution in [0.5, 0.6) is 5.75 Å². The molecule has 1 fully saturated rings.